The predicted molar refractivity (Wildman–Crippen MR) is 179 cm³/mol. The van der Waals surface area contributed by atoms with E-state index >= 15 is 0 Å². The third-order valence-corrected chi connectivity index (χ3v) is 8.30. The topological polar surface area (TPSA) is 41.5 Å². The number of pyridine rings is 2. The van der Waals surface area contributed by atoms with E-state index in [1.807, 2.05) is 30.5 Å². The summed E-state index contributed by atoms with van der Waals surface area (Å²) in [6.45, 7) is 9.82. The molecule has 0 saturated carbocycles. The standard InChI is InChI=1S/C39H38N4O.Pt/c1-27-18-19-40-37(22-27)42-20-8-12-29-14-16-31(23-35(29)42)44-32-17-15-30-13-9-21-43(36(30)24-32)38-25-34(39(2,3)4)33(26-41-38)28-10-6-5-7-11-28;/h5-7,10-11,14-19,22,25-26H,8-9,12-13,20-21H2,1-4H3;/q-2;+2/i5D,6D,7D,10D,11D;. The van der Waals surface area contributed by atoms with Crippen LogP contribution < -0.4 is 14.5 Å². The largest absolute Gasteiger partial charge is 2.00 e. The second kappa shape index (κ2) is 12.8. The first kappa shape index (κ1) is 25.3. The van der Waals surface area contributed by atoms with Crippen LogP contribution in [0.4, 0.5) is 23.0 Å². The van der Waals surface area contributed by atoms with Crippen LogP contribution in [0.2, 0.25) is 0 Å². The van der Waals surface area contributed by atoms with Crippen LogP contribution in [0.15, 0.2) is 85.1 Å². The molecule has 5 aromatic rings. The van der Waals surface area contributed by atoms with Gasteiger partial charge in [0.15, 0.2) is 0 Å². The van der Waals surface area contributed by atoms with Gasteiger partial charge < -0.3 is 14.5 Å². The molecule has 3 aromatic carbocycles. The van der Waals surface area contributed by atoms with Crippen molar-refractivity contribution in [2.75, 3.05) is 22.9 Å². The van der Waals surface area contributed by atoms with Gasteiger partial charge in [0, 0.05) is 42.5 Å². The van der Waals surface area contributed by atoms with Crippen molar-refractivity contribution in [2.24, 2.45) is 0 Å². The molecule has 2 aromatic heterocycles. The molecule has 5 nitrogen and oxygen atoms in total. The van der Waals surface area contributed by atoms with E-state index in [4.69, 9.17) is 16.6 Å². The molecule has 0 amide bonds. The number of aryl methyl sites for hydroxylation is 3. The number of aromatic nitrogens is 2. The molecule has 230 valence electrons. The summed E-state index contributed by atoms with van der Waals surface area (Å²) >= 11 is 0. The van der Waals surface area contributed by atoms with Crippen LogP contribution in [0.5, 0.6) is 11.5 Å². The third kappa shape index (κ3) is 6.42. The summed E-state index contributed by atoms with van der Waals surface area (Å²) in [5.41, 5.74) is 6.51. The summed E-state index contributed by atoms with van der Waals surface area (Å²) in [5, 5.41) is 0. The molecule has 0 bridgehead atoms. The molecule has 0 atom stereocenters. The molecular weight excluding hydrogens is 736 g/mol. The Labute approximate surface area is 288 Å². The minimum Gasteiger partial charge on any atom is -0.509 e. The second-order valence-electron chi connectivity index (χ2n) is 12.5. The Hall–Kier alpha value is -3.95. The van der Waals surface area contributed by atoms with Crippen molar-refractivity contribution in [1.29, 1.82) is 0 Å². The Bertz CT molecular complexity index is 2070. The summed E-state index contributed by atoms with van der Waals surface area (Å²) < 4.78 is 48.2. The van der Waals surface area contributed by atoms with Crippen LogP contribution in [0.1, 0.15) is 62.7 Å². The molecule has 7 rings (SSSR count). The fourth-order valence-corrected chi connectivity index (χ4v) is 6.11. The molecule has 0 spiro atoms. The minimum absolute atomic E-state index is 0. The van der Waals surface area contributed by atoms with Gasteiger partial charge in [-0.05, 0) is 60.1 Å². The van der Waals surface area contributed by atoms with Crippen LogP contribution in [-0.4, -0.2) is 23.1 Å². The molecule has 2 aliphatic rings. The van der Waals surface area contributed by atoms with Crippen molar-refractivity contribution in [3.63, 3.8) is 0 Å². The first-order chi connectivity index (χ1) is 23.4. The number of anilines is 4. The van der Waals surface area contributed by atoms with E-state index in [9.17, 15) is 0 Å². The Morgan fingerprint density at radius 2 is 1.40 bits per heavy atom. The van der Waals surface area contributed by atoms with Crippen molar-refractivity contribution in [3.8, 4) is 22.6 Å². The van der Waals surface area contributed by atoms with Gasteiger partial charge in [-0.15, -0.1) is 35.4 Å². The van der Waals surface area contributed by atoms with E-state index < -0.39 is 11.5 Å². The van der Waals surface area contributed by atoms with Crippen LogP contribution in [0.3, 0.4) is 0 Å². The van der Waals surface area contributed by atoms with Gasteiger partial charge in [-0.2, -0.15) is 12.1 Å². The van der Waals surface area contributed by atoms with Gasteiger partial charge >= 0.3 is 21.1 Å². The molecule has 2 aliphatic heterocycles. The quantitative estimate of drug-likeness (QED) is 0.167. The summed E-state index contributed by atoms with van der Waals surface area (Å²) in [7, 11) is 0. The Morgan fingerprint density at radius 3 is 1.98 bits per heavy atom. The summed E-state index contributed by atoms with van der Waals surface area (Å²) in [4.78, 5) is 13.8. The van der Waals surface area contributed by atoms with Gasteiger partial charge in [0.1, 0.15) is 11.6 Å². The van der Waals surface area contributed by atoms with Crippen LogP contribution in [0.25, 0.3) is 11.1 Å². The molecule has 0 aliphatic carbocycles. The zero-order valence-corrected chi connectivity index (χ0v) is 28.2. The van der Waals surface area contributed by atoms with E-state index in [-0.39, 0.29) is 50.8 Å². The van der Waals surface area contributed by atoms with E-state index in [1.54, 1.807) is 6.20 Å². The van der Waals surface area contributed by atoms with E-state index in [0.717, 1.165) is 72.7 Å². The number of fused-ring (bicyclic) bond motifs is 2. The minimum atomic E-state index is -0.410. The second-order valence-corrected chi connectivity index (χ2v) is 12.5. The first-order valence-electron chi connectivity index (χ1n) is 17.7. The Balaban J connectivity index is 0.00000432. The summed E-state index contributed by atoms with van der Waals surface area (Å²) in [6.07, 6.45) is 7.34. The number of hydrogen-bond acceptors (Lipinski definition) is 5. The normalized spacial score (nSPS) is 15.9. The van der Waals surface area contributed by atoms with Crippen LogP contribution in [0, 0.1) is 19.1 Å². The van der Waals surface area contributed by atoms with Crippen molar-refractivity contribution in [2.45, 2.75) is 58.8 Å². The molecule has 0 fully saturated rings. The number of hydrogen-bond donors (Lipinski definition) is 0. The molecule has 6 heteroatoms. The molecule has 0 N–H and O–H groups in total. The fraction of sp³-hybridized carbons (Fsp3) is 0.282. The SMILES string of the molecule is [2H]c1c([2H])c([2H])c(-c2cnc(N3CCCc4ccc(Oc5[c-]c6c(cc5)CCCN6c5cc(C)ccn5)[c-]c43)cc2C(C)(C)C)c([2H])c1[2H].[Pt+2]. The maximum Gasteiger partial charge on any atom is 2.00 e. The van der Waals surface area contributed by atoms with Gasteiger partial charge in [0.2, 0.25) is 0 Å². The van der Waals surface area contributed by atoms with E-state index in [2.05, 4.69) is 72.8 Å². The smallest absolute Gasteiger partial charge is 0.509 e. The summed E-state index contributed by atoms with van der Waals surface area (Å²) in [5.74, 6) is 2.79. The number of benzene rings is 3. The fourth-order valence-electron chi connectivity index (χ4n) is 6.11. The van der Waals surface area contributed by atoms with Crippen molar-refractivity contribution >= 4 is 23.0 Å². The van der Waals surface area contributed by atoms with E-state index in [0.29, 0.717) is 22.9 Å². The number of ether oxygens (including phenoxy) is 1. The maximum atomic E-state index is 8.61. The van der Waals surface area contributed by atoms with Gasteiger partial charge in [-0.1, -0.05) is 75.2 Å². The zero-order valence-electron chi connectivity index (χ0n) is 31.0. The van der Waals surface area contributed by atoms with Gasteiger partial charge in [0.25, 0.3) is 0 Å². The molecule has 0 radical (unpaired) electrons. The first-order valence-corrected chi connectivity index (χ1v) is 15.2. The molecule has 4 heterocycles. The number of nitrogens with zero attached hydrogens (tertiary/aromatic N) is 4. The monoisotopic (exact) mass is 778 g/mol. The van der Waals surface area contributed by atoms with Crippen LogP contribution in [-0.2, 0) is 39.3 Å². The molecule has 45 heavy (non-hydrogen) atoms. The predicted octanol–water partition coefficient (Wildman–Crippen LogP) is 9.31. The van der Waals surface area contributed by atoms with Crippen molar-refractivity contribution < 1.29 is 32.7 Å². The van der Waals surface area contributed by atoms with Gasteiger partial charge in [-0.25, -0.2) is 9.97 Å². The molecule has 0 saturated heterocycles. The number of rotatable bonds is 5. The summed E-state index contributed by atoms with van der Waals surface area (Å²) in [6, 6.07) is 19.6. The zero-order chi connectivity index (χ0) is 34.6. The van der Waals surface area contributed by atoms with Crippen LogP contribution >= 0.6 is 0 Å². The van der Waals surface area contributed by atoms with Gasteiger partial charge in [0.05, 0.1) is 6.85 Å². The molecule has 0 unspecified atom stereocenters. The average Bonchev–Trinajstić information content (AvgIpc) is 3.09. The van der Waals surface area contributed by atoms with Crippen molar-refractivity contribution in [1.82, 2.24) is 9.97 Å². The third-order valence-electron chi connectivity index (χ3n) is 8.30. The average molecular weight is 779 g/mol. The van der Waals surface area contributed by atoms with E-state index in [1.165, 1.54) is 5.56 Å². The Kier molecular flexibility index (Phi) is 7.19. The van der Waals surface area contributed by atoms with Gasteiger partial charge in [-0.3, -0.25) is 0 Å². The Morgan fingerprint density at radius 1 is 0.800 bits per heavy atom. The van der Waals surface area contributed by atoms with Crippen molar-refractivity contribution in [3.05, 3.63) is 119 Å². The molecular formula is C39H38N4OPt. The maximum absolute atomic E-state index is 8.61.